The molecule has 7 nitrogen and oxygen atoms in total. The van der Waals surface area contributed by atoms with Crippen molar-refractivity contribution in [3.63, 3.8) is 0 Å². The Balaban J connectivity index is 1.27. The number of aromatic amines is 1. The quantitative estimate of drug-likeness (QED) is 0.560. The van der Waals surface area contributed by atoms with Crippen molar-refractivity contribution in [2.75, 3.05) is 13.1 Å². The number of phenolic OH excluding ortho intramolecular Hbond substituents is 1. The van der Waals surface area contributed by atoms with Crippen LogP contribution in [0.2, 0.25) is 0 Å². The Morgan fingerprint density at radius 2 is 2.12 bits per heavy atom. The molecule has 1 saturated heterocycles. The molecule has 3 aliphatic carbocycles. The number of phenols is 1. The molecular weight excluding hydrogens is 418 g/mol. The molecule has 174 valence electrons. The van der Waals surface area contributed by atoms with Gasteiger partial charge in [-0.15, -0.1) is 0 Å². The van der Waals surface area contributed by atoms with Crippen molar-refractivity contribution in [1.82, 2.24) is 15.2 Å². The first kappa shape index (κ1) is 19.9. The second kappa shape index (κ2) is 6.76. The number of amides is 1. The van der Waals surface area contributed by atoms with Gasteiger partial charge in [0.15, 0.2) is 11.5 Å². The molecule has 33 heavy (non-hydrogen) atoms. The zero-order chi connectivity index (χ0) is 22.4. The lowest BCUT2D eigenvalue weighted by molar-refractivity contribution is -0.192. The summed E-state index contributed by atoms with van der Waals surface area (Å²) in [6.07, 6.45) is 7.17. The molecule has 5 atom stereocenters. The van der Waals surface area contributed by atoms with E-state index in [1.54, 1.807) is 6.07 Å². The van der Waals surface area contributed by atoms with Gasteiger partial charge in [0.1, 0.15) is 6.10 Å². The zero-order valence-corrected chi connectivity index (χ0v) is 18.7. The third-order valence-electron chi connectivity index (χ3n) is 9.12. The van der Waals surface area contributed by atoms with E-state index < -0.39 is 11.0 Å². The van der Waals surface area contributed by atoms with Gasteiger partial charge < -0.3 is 25.3 Å². The van der Waals surface area contributed by atoms with Crippen LogP contribution in [0.15, 0.2) is 30.5 Å². The summed E-state index contributed by atoms with van der Waals surface area (Å²) < 4.78 is 6.50. The Bertz CT molecular complexity index is 1110. The van der Waals surface area contributed by atoms with Gasteiger partial charge in [-0.25, -0.2) is 0 Å². The first-order valence-electron chi connectivity index (χ1n) is 12.4. The predicted octanol–water partition coefficient (Wildman–Crippen LogP) is 2.01. The van der Waals surface area contributed by atoms with Crippen LogP contribution in [-0.2, 0) is 23.1 Å². The highest BCUT2D eigenvalue weighted by atomic mass is 16.5. The fourth-order valence-electron chi connectivity index (χ4n) is 7.54. The number of piperidine rings is 1. The molecule has 4 N–H and O–H groups in total. The van der Waals surface area contributed by atoms with Gasteiger partial charge in [0.05, 0.1) is 23.5 Å². The minimum Gasteiger partial charge on any atom is -0.504 e. The molecule has 2 bridgehead atoms. The van der Waals surface area contributed by atoms with Gasteiger partial charge in [0, 0.05) is 30.0 Å². The van der Waals surface area contributed by atoms with Crippen LogP contribution >= 0.6 is 0 Å². The molecule has 7 rings (SSSR count). The van der Waals surface area contributed by atoms with E-state index in [0.717, 1.165) is 43.1 Å². The molecule has 3 heterocycles. The number of H-pyrrole nitrogens is 1. The second-order valence-corrected chi connectivity index (χ2v) is 10.9. The van der Waals surface area contributed by atoms with Crippen LogP contribution in [0, 0.1) is 5.92 Å². The number of nitrogens with one attached hydrogen (secondary N) is 2. The highest BCUT2D eigenvalue weighted by molar-refractivity contribution is 5.78. The molecule has 5 aliphatic rings. The monoisotopic (exact) mass is 449 g/mol. The third kappa shape index (κ3) is 2.66. The SMILES string of the molecule is O=C(Cc1ccc[nH]1)N[C@H]1CC[C@@]2(O)[C@H]3Cc4ccc(O)c5c4[C@@]2(CCN3CC2CC2)[C@H]1O5. The van der Waals surface area contributed by atoms with E-state index in [1.165, 1.54) is 18.4 Å². The minimum absolute atomic E-state index is 0.0492. The van der Waals surface area contributed by atoms with Gasteiger partial charge in [-0.1, -0.05) is 6.07 Å². The summed E-state index contributed by atoms with van der Waals surface area (Å²) in [5.41, 5.74) is 1.54. The van der Waals surface area contributed by atoms with Gasteiger partial charge in [0.25, 0.3) is 0 Å². The summed E-state index contributed by atoms with van der Waals surface area (Å²) in [6.45, 7) is 1.98. The number of aromatic hydroxyl groups is 1. The van der Waals surface area contributed by atoms with Crippen molar-refractivity contribution in [3.8, 4) is 11.5 Å². The van der Waals surface area contributed by atoms with Crippen molar-refractivity contribution >= 4 is 5.91 Å². The molecule has 2 aromatic rings. The van der Waals surface area contributed by atoms with Crippen LogP contribution in [0.3, 0.4) is 0 Å². The van der Waals surface area contributed by atoms with Crippen LogP contribution in [-0.4, -0.2) is 62.9 Å². The number of aliphatic hydroxyl groups is 1. The lowest BCUT2D eigenvalue weighted by atomic mass is 9.48. The van der Waals surface area contributed by atoms with Crippen LogP contribution in [0.5, 0.6) is 11.5 Å². The molecule has 1 spiro atoms. The van der Waals surface area contributed by atoms with E-state index >= 15 is 0 Å². The van der Waals surface area contributed by atoms with Crippen LogP contribution in [0.1, 0.15) is 48.9 Å². The maximum absolute atomic E-state index is 12.9. The Kier molecular flexibility index (Phi) is 4.08. The normalized spacial score (nSPS) is 36.2. The van der Waals surface area contributed by atoms with Crippen molar-refractivity contribution in [3.05, 3.63) is 47.3 Å². The fraction of sp³-hybridized carbons (Fsp3) is 0.577. The van der Waals surface area contributed by atoms with Gasteiger partial charge >= 0.3 is 0 Å². The molecule has 2 saturated carbocycles. The van der Waals surface area contributed by atoms with Crippen molar-refractivity contribution < 1.29 is 19.7 Å². The summed E-state index contributed by atoms with van der Waals surface area (Å²) >= 11 is 0. The Morgan fingerprint density at radius 3 is 2.91 bits per heavy atom. The largest absolute Gasteiger partial charge is 0.504 e. The van der Waals surface area contributed by atoms with Crippen LogP contribution < -0.4 is 10.1 Å². The molecule has 0 radical (unpaired) electrons. The molecule has 3 fully saturated rings. The standard InChI is InChI=1S/C26H31N3O4/c30-19-6-5-16-12-20-26(32)8-7-18(28-21(31)13-17-2-1-10-27-17)24-25(26,22(16)23(19)33-24)9-11-29(20)14-15-3-4-15/h1-2,5-6,10,15,18,20,24,27,30,32H,3-4,7-9,11-14H2,(H,28,31)/t18-,20+,24-,25-,26+/m0/s1. The average Bonchev–Trinajstić information content (AvgIpc) is 3.31. The molecular formula is C26H31N3O4. The van der Waals surface area contributed by atoms with Crippen molar-refractivity contribution in [1.29, 1.82) is 0 Å². The lowest BCUT2D eigenvalue weighted by Crippen LogP contribution is -2.78. The molecule has 1 amide bonds. The van der Waals surface area contributed by atoms with E-state index in [0.29, 0.717) is 18.6 Å². The van der Waals surface area contributed by atoms with Crippen molar-refractivity contribution in [2.45, 2.75) is 74.1 Å². The number of hydrogen-bond donors (Lipinski definition) is 4. The minimum atomic E-state index is -0.919. The molecule has 1 aromatic heterocycles. The lowest BCUT2D eigenvalue weighted by Gasteiger charge is -2.64. The van der Waals surface area contributed by atoms with Gasteiger partial charge in [-0.3, -0.25) is 9.69 Å². The maximum atomic E-state index is 12.9. The number of hydrogen-bond acceptors (Lipinski definition) is 5. The highest BCUT2D eigenvalue weighted by Crippen LogP contribution is 2.65. The molecule has 0 unspecified atom stereocenters. The number of benzene rings is 1. The smallest absolute Gasteiger partial charge is 0.226 e. The number of carbonyl (C=O) groups excluding carboxylic acids is 1. The first-order valence-corrected chi connectivity index (χ1v) is 12.4. The summed E-state index contributed by atoms with van der Waals surface area (Å²) in [5, 5.41) is 26.4. The zero-order valence-electron chi connectivity index (χ0n) is 18.7. The summed E-state index contributed by atoms with van der Waals surface area (Å²) in [6, 6.07) is 7.39. The van der Waals surface area contributed by atoms with Crippen molar-refractivity contribution in [2.24, 2.45) is 5.92 Å². The average molecular weight is 450 g/mol. The Labute approximate surface area is 193 Å². The summed E-state index contributed by atoms with van der Waals surface area (Å²) in [5.74, 6) is 1.37. The van der Waals surface area contributed by atoms with E-state index in [2.05, 4.69) is 15.2 Å². The second-order valence-electron chi connectivity index (χ2n) is 10.9. The Morgan fingerprint density at radius 1 is 1.24 bits per heavy atom. The molecule has 2 aliphatic heterocycles. The van der Waals surface area contributed by atoms with E-state index in [4.69, 9.17) is 4.74 Å². The predicted molar refractivity (Wildman–Crippen MR) is 121 cm³/mol. The number of aromatic nitrogens is 1. The molecule has 1 aromatic carbocycles. The third-order valence-corrected chi connectivity index (χ3v) is 9.12. The van der Waals surface area contributed by atoms with E-state index in [9.17, 15) is 15.0 Å². The highest BCUT2D eigenvalue weighted by Gasteiger charge is 2.73. The number of carbonyl (C=O) groups is 1. The van der Waals surface area contributed by atoms with Crippen LogP contribution in [0.4, 0.5) is 0 Å². The topological polar surface area (TPSA) is 97.8 Å². The van der Waals surface area contributed by atoms with E-state index in [1.807, 2.05) is 24.4 Å². The van der Waals surface area contributed by atoms with Gasteiger partial charge in [-0.2, -0.15) is 0 Å². The van der Waals surface area contributed by atoms with Gasteiger partial charge in [-0.05, 0) is 74.8 Å². The van der Waals surface area contributed by atoms with E-state index in [-0.39, 0.29) is 36.3 Å². The number of ether oxygens (including phenoxy) is 1. The summed E-state index contributed by atoms with van der Waals surface area (Å²) in [4.78, 5) is 18.5. The fourth-order valence-corrected chi connectivity index (χ4v) is 7.54. The van der Waals surface area contributed by atoms with Crippen LogP contribution in [0.25, 0.3) is 0 Å². The number of nitrogens with zero attached hydrogens (tertiary/aromatic N) is 1. The first-order chi connectivity index (χ1) is 16.0. The van der Waals surface area contributed by atoms with Gasteiger partial charge in [0.2, 0.25) is 5.91 Å². The number of likely N-dealkylation sites (tertiary alicyclic amines) is 1. The summed E-state index contributed by atoms with van der Waals surface area (Å²) in [7, 11) is 0. The molecule has 7 heteroatoms. The Hall–Kier alpha value is -2.51. The maximum Gasteiger partial charge on any atom is 0.226 e. The number of rotatable bonds is 5.